The highest BCUT2D eigenvalue weighted by atomic mass is 16.5. The number of benzene rings is 3. The van der Waals surface area contributed by atoms with Crippen LogP contribution in [0.25, 0.3) is 0 Å². The molecule has 0 aliphatic carbocycles. The van der Waals surface area contributed by atoms with E-state index in [2.05, 4.69) is 15.7 Å². The van der Waals surface area contributed by atoms with Crippen molar-refractivity contribution in [3.05, 3.63) is 89.6 Å². The van der Waals surface area contributed by atoms with E-state index in [1.807, 2.05) is 79.7 Å². The molecule has 0 spiro atoms. The van der Waals surface area contributed by atoms with Gasteiger partial charge in [0.15, 0.2) is 5.69 Å². The highest BCUT2D eigenvalue weighted by molar-refractivity contribution is 5.52. The molecule has 0 saturated heterocycles. The van der Waals surface area contributed by atoms with Crippen LogP contribution in [0.15, 0.2) is 89.1 Å². The Labute approximate surface area is 140 Å². The van der Waals surface area contributed by atoms with Gasteiger partial charge in [-0.3, -0.25) is 0 Å². The molecule has 0 saturated carbocycles. The van der Waals surface area contributed by atoms with E-state index >= 15 is 0 Å². The molecule has 2 N–H and O–H groups in total. The molecule has 3 aromatic carbocycles. The standard InChI is InChI=1S/C19H18N4O/c1-15-14-18(23(24)22-17-10-6-3-7-11-17)12-13-19(15)21-20-16-8-4-2-5-9-16/h2-14,22-23H,1H3. The van der Waals surface area contributed by atoms with Gasteiger partial charge in [-0.05, 0) is 42.8 Å². The molecule has 0 heterocycles. The summed E-state index contributed by atoms with van der Waals surface area (Å²) in [5, 5.41) is 20.6. The fourth-order valence-electron chi connectivity index (χ4n) is 2.24. The maximum absolute atomic E-state index is 12.3. The maximum atomic E-state index is 12.3. The Hall–Kier alpha value is -3.02. The number of rotatable bonds is 5. The Kier molecular flexibility index (Phi) is 4.96. The summed E-state index contributed by atoms with van der Waals surface area (Å²) in [7, 11) is 0. The van der Waals surface area contributed by atoms with Gasteiger partial charge in [-0.1, -0.05) is 36.4 Å². The van der Waals surface area contributed by atoms with Gasteiger partial charge in [0.05, 0.1) is 17.1 Å². The van der Waals surface area contributed by atoms with Crippen LogP contribution in [0.5, 0.6) is 0 Å². The van der Waals surface area contributed by atoms with Crippen molar-refractivity contribution < 1.29 is 5.17 Å². The topological polar surface area (TPSA) is 64.2 Å². The van der Waals surface area contributed by atoms with Gasteiger partial charge in [-0.15, -0.1) is 0 Å². The van der Waals surface area contributed by atoms with Crippen molar-refractivity contribution in [2.75, 3.05) is 5.43 Å². The number of nitrogens with zero attached hydrogens (tertiary/aromatic N) is 2. The van der Waals surface area contributed by atoms with Crippen LogP contribution in [0.4, 0.5) is 22.7 Å². The number of azo groups is 1. The fraction of sp³-hybridized carbons (Fsp3) is 0.0526. The van der Waals surface area contributed by atoms with E-state index in [1.165, 1.54) is 0 Å². The molecule has 5 heteroatoms. The number of para-hydroxylation sites is 1. The summed E-state index contributed by atoms with van der Waals surface area (Å²) >= 11 is 0. The molecule has 1 atom stereocenters. The lowest BCUT2D eigenvalue weighted by Gasteiger charge is -2.23. The van der Waals surface area contributed by atoms with E-state index in [1.54, 1.807) is 6.07 Å². The second-order valence-corrected chi connectivity index (χ2v) is 5.36. The first-order valence-corrected chi connectivity index (χ1v) is 7.66. The van der Waals surface area contributed by atoms with Crippen molar-refractivity contribution >= 4 is 22.7 Å². The lowest BCUT2D eigenvalue weighted by atomic mass is 10.2. The zero-order valence-corrected chi connectivity index (χ0v) is 13.3. The Morgan fingerprint density at radius 3 is 2.17 bits per heavy atom. The molecular formula is C19H18N4O. The Balaban J connectivity index is 1.73. The number of hydrogen-bond donors (Lipinski definition) is 2. The fourth-order valence-corrected chi connectivity index (χ4v) is 2.24. The quantitative estimate of drug-likeness (QED) is 0.539. The first kappa shape index (κ1) is 15.9. The van der Waals surface area contributed by atoms with Crippen LogP contribution in [0, 0.1) is 12.1 Å². The Morgan fingerprint density at radius 2 is 1.50 bits per heavy atom. The lowest BCUT2D eigenvalue weighted by Crippen LogP contribution is -3.05. The van der Waals surface area contributed by atoms with E-state index in [0.717, 1.165) is 22.6 Å². The van der Waals surface area contributed by atoms with Gasteiger partial charge in [-0.25, -0.2) is 10.6 Å². The van der Waals surface area contributed by atoms with E-state index in [4.69, 9.17) is 0 Å². The van der Waals surface area contributed by atoms with Gasteiger partial charge in [0, 0.05) is 12.1 Å². The molecule has 1 unspecified atom stereocenters. The molecule has 0 aromatic heterocycles. The number of nitrogens with one attached hydrogen (secondary N) is 2. The zero-order valence-electron chi connectivity index (χ0n) is 13.3. The molecule has 0 aliphatic rings. The van der Waals surface area contributed by atoms with E-state index < -0.39 is 0 Å². The SMILES string of the molecule is Cc1cc([NH+]([O-])Nc2ccccc2)ccc1N=Nc1ccccc1. The molecule has 0 fully saturated rings. The molecule has 3 rings (SSSR count). The highest BCUT2D eigenvalue weighted by Crippen LogP contribution is 2.23. The largest absolute Gasteiger partial charge is 0.603 e. The highest BCUT2D eigenvalue weighted by Gasteiger charge is 2.06. The van der Waals surface area contributed by atoms with Gasteiger partial charge < -0.3 is 5.21 Å². The average Bonchev–Trinajstić information content (AvgIpc) is 2.62. The first-order valence-electron chi connectivity index (χ1n) is 7.66. The van der Waals surface area contributed by atoms with Crippen LogP contribution in [0.1, 0.15) is 5.56 Å². The van der Waals surface area contributed by atoms with Crippen molar-refractivity contribution in [1.82, 2.24) is 0 Å². The van der Waals surface area contributed by atoms with Crippen LogP contribution >= 0.6 is 0 Å². The van der Waals surface area contributed by atoms with E-state index in [9.17, 15) is 5.21 Å². The number of anilines is 1. The zero-order chi connectivity index (χ0) is 16.8. The minimum Gasteiger partial charge on any atom is -0.603 e. The van der Waals surface area contributed by atoms with Gasteiger partial charge in [0.25, 0.3) is 0 Å². The van der Waals surface area contributed by atoms with Crippen LogP contribution in [0.2, 0.25) is 0 Å². The minimum absolute atomic E-state index is 0.143. The van der Waals surface area contributed by atoms with Gasteiger partial charge >= 0.3 is 0 Å². The van der Waals surface area contributed by atoms with Gasteiger partial charge in [0.2, 0.25) is 0 Å². The summed E-state index contributed by atoms with van der Waals surface area (Å²) in [6, 6.07) is 24.3. The normalized spacial score (nSPS) is 12.2. The smallest absolute Gasteiger partial charge is 0.156 e. The molecular weight excluding hydrogens is 300 g/mol. The monoisotopic (exact) mass is 318 g/mol. The summed E-state index contributed by atoms with van der Waals surface area (Å²) in [5.41, 5.74) is 6.67. The van der Waals surface area contributed by atoms with Crippen molar-refractivity contribution in [1.29, 1.82) is 0 Å². The van der Waals surface area contributed by atoms with Crippen LogP contribution in [-0.4, -0.2) is 0 Å². The summed E-state index contributed by atoms with van der Waals surface area (Å²) in [6.07, 6.45) is 0. The van der Waals surface area contributed by atoms with Gasteiger partial charge in [0.1, 0.15) is 0 Å². The molecule has 0 amide bonds. The van der Waals surface area contributed by atoms with E-state index in [-0.39, 0.29) is 5.17 Å². The average molecular weight is 318 g/mol. The number of aryl methyl sites for hydroxylation is 1. The molecule has 0 radical (unpaired) electrons. The summed E-state index contributed by atoms with van der Waals surface area (Å²) in [5.74, 6) is 0. The third-order valence-electron chi connectivity index (χ3n) is 3.52. The van der Waals surface area contributed by atoms with E-state index in [0.29, 0.717) is 5.69 Å². The van der Waals surface area contributed by atoms with Crippen LogP contribution in [-0.2, 0) is 0 Å². The first-order chi connectivity index (χ1) is 11.7. The molecule has 24 heavy (non-hydrogen) atoms. The predicted molar refractivity (Wildman–Crippen MR) is 95.9 cm³/mol. The van der Waals surface area contributed by atoms with Crippen LogP contribution < -0.4 is 10.6 Å². The van der Waals surface area contributed by atoms with Crippen molar-refractivity contribution in [2.24, 2.45) is 10.2 Å². The van der Waals surface area contributed by atoms with Crippen molar-refractivity contribution in [3.8, 4) is 0 Å². The van der Waals surface area contributed by atoms with Crippen LogP contribution in [0.3, 0.4) is 0 Å². The summed E-state index contributed by atoms with van der Waals surface area (Å²) in [6.45, 7) is 1.92. The molecule has 3 aromatic rings. The van der Waals surface area contributed by atoms with Gasteiger partial charge in [-0.2, -0.15) is 10.2 Å². The molecule has 120 valence electrons. The third-order valence-corrected chi connectivity index (χ3v) is 3.52. The number of quaternary nitrogens is 1. The van der Waals surface area contributed by atoms with Crippen molar-refractivity contribution in [3.63, 3.8) is 0 Å². The third kappa shape index (κ3) is 4.04. The summed E-state index contributed by atoms with van der Waals surface area (Å²) in [4.78, 5) is 0. The molecule has 5 nitrogen and oxygen atoms in total. The summed E-state index contributed by atoms with van der Waals surface area (Å²) < 4.78 is 0. The van der Waals surface area contributed by atoms with Crippen molar-refractivity contribution in [2.45, 2.75) is 6.92 Å². The predicted octanol–water partition coefficient (Wildman–Crippen LogP) is 4.45. The molecule has 0 aliphatic heterocycles. The number of hydrogen-bond acceptors (Lipinski definition) is 4. The Bertz CT molecular complexity index is 819. The maximum Gasteiger partial charge on any atom is 0.156 e. The second-order valence-electron chi connectivity index (χ2n) is 5.36. The second kappa shape index (κ2) is 7.50. The minimum atomic E-state index is -0.143. The molecule has 0 bridgehead atoms. The lowest BCUT2D eigenvalue weighted by molar-refractivity contribution is -0.749. The Morgan fingerprint density at radius 1 is 0.833 bits per heavy atom.